The SMILES string of the molecule is CC(C)N1CNC(c2ccc(C(F)(F)F)cc2)=N1. The Balaban J connectivity index is 2.19. The average molecular weight is 257 g/mol. The Hall–Kier alpha value is -1.72. The van der Waals surface area contributed by atoms with Crippen LogP contribution in [0.1, 0.15) is 25.0 Å². The normalized spacial score (nSPS) is 15.9. The van der Waals surface area contributed by atoms with Crippen LogP contribution in [0.25, 0.3) is 0 Å². The Kier molecular flexibility index (Phi) is 3.19. The van der Waals surface area contributed by atoms with Crippen molar-refractivity contribution in [2.24, 2.45) is 5.10 Å². The van der Waals surface area contributed by atoms with Gasteiger partial charge in [-0.2, -0.15) is 18.3 Å². The summed E-state index contributed by atoms with van der Waals surface area (Å²) in [5.41, 5.74) is 0.0108. The van der Waals surface area contributed by atoms with Crippen LogP contribution >= 0.6 is 0 Å². The molecule has 0 bridgehead atoms. The molecular formula is C12H14F3N3. The molecule has 3 nitrogen and oxygen atoms in total. The summed E-state index contributed by atoms with van der Waals surface area (Å²) in [5.74, 6) is 0.609. The molecule has 0 fully saturated rings. The lowest BCUT2D eigenvalue weighted by Gasteiger charge is -2.16. The molecule has 0 saturated heterocycles. The van der Waals surface area contributed by atoms with Gasteiger partial charge < -0.3 is 5.32 Å². The second-order valence-electron chi connectivity index (χ2n) is 4.39. The summed E-state index contributed by atoms with van der Waals surface area (Å²) in [4.78, 5) is 0. The zero-order valence-electron chi connectivity index (χ0n) is 10.1. The van der Waals surface area contributed by atoms with E-state index >= 15 is 0 Å². The first-order valence-corrected chi connectivity index (χ1v) is 5.64. The maximum atomic E-state index is 12.4. The van der Waals surface area contributed by atoms with Gasteiger partial charge in [0.15, 0.2) is 5.84 Å². The first-order valence-electron chi connectivity index (χ1n) is 5.64. The van der Waals surface area contributed by atoms with E-state index in [0.717, 1.165) is 12.1 Å². The minimum absolute atomic E-state index is 0.254. The van der Waals surface area contributed by atoms with E-state index in [2.05, 4.69) is 10.4 Å². The van der Waals surface area contributed by atoms with Crippen LogP contribution in [0, 0.1) is 0 Å². The van der Waals surface area contributed by atoms with Crippen molar-refractivity contribution in [3.8, 4) is 0 Å². The van der Waals surface area contributed by atoms with Crippen LogP contribution in [0.5, 0.6) is 0 Å². The molecule has 0 aliphatic carbocycles. The van der Waals surface area contributed by atoms with E-state index < -0.39 is 11.7 Å². The molecule has 98 valence electrons. The second-order valence-corrected chi connectivity index (χ2v) is 4.39. The molecule has 2 rings (SSSR count). The van der Waals surface area contributed by atoms with Crippen molar-refractivity contribution in [1.29, 1.82) is 0 Å². The predicted molar refractivity (Wildman–Crippen MR) is 63.0 cm³/mol. The maximum Gasteiger partial charge on any atom is 0.416 e. The largest absolute Gasteiger partial charge is 0.416 e. The third-order valence-electron chi connectivity index (χ3n) is 2.72. The summed E-state index contributed by atoms with van der Waals surface area (Å²) < 4.78 is 37.2. The fraction of sp³-hybridized carbons (Fsp3) is 0.417. The fourth-order valence-electron chi connectivity index (χ4n) is 1.63. The molecule has 0 saturated carbocycles. The number of benzene rings is 1. The van der Waals surface area contributed by atoms with Gasteiger partial charge in [-0.1, -0.05) is 12.1 Å². The highest BCUT2D eigenvalue weighted by atomic mass is 19.4. The number of nitrogens with one attached hydrogen (secondary N) is 1. The van der Waals surface area contributed by atoms with E-state index in [1.54, 1.807) is 0 Å². The molecule has 0 amide bonds. The van der Waals surface area contributed by atoms with Crippen molar-refractivity contribution < 1.29 is 13.2 Å². The number of amidine groups is 1. The van der Waals surface area contributed by atoms with Crippen molar-refractivity contribution in [3.63, 3.8) is 0 Å². The zero-order valence-corrected chi connectivity index (χ0v) is 10.1. The molecule has 1 N–H and O–H groups in total. The molecule has 1 aromatic rings. The highest BCUT2D eigenvalue weighted by molar-refractivity contribution is 5.99. The molecule has 6 heteroatoms. The Morgan fingerprint density at radius 3 is 2.28 bits per heavy atom. The molecule has 1 aliphatic heterocycles. The van der Waals surface area contributed by atoms with Gasteiger partial charge in [-0.25, -0.2) is 0 Å². The molecule has 18 heavy (non-hydrogen) atoms. The smallest absolute Gasteiger partial charge is 0.349 e. The van der Waals surface area contributed by atoms with Crippen molar-refractivity contribution in [2.45, 2.75) is 26.1 Å². The van der Waals surface area contributed by atoms with E-state index in [-0.39, 0.29) is 6.04 Å². The molecule has 1 heterocycles. The van der Waals surface area contributed by atoms with Crippen LogP contribution in [-0.4, -0.2) is 23.6 Å². The maximum absolute atomic E-state index is 12.4. The monoisotopic (exact) mass is 257 g/mol. The Bertz CT molecular complexity index is 449. The van der Waals surface area contributed by atoms with E-state index in [4.69, 9.17) is 0 Å². The summed E-state index contributed by atoms with van der Waals surface area (Å²) in [6, 6.07) is 5.25. The molecule has 0 aromatic heterocycles. The van der Waals surface area contributed by atoms with Crippen LogP contribution in [0.2, 0.25) is 0 Å². The van der Waals surface area contributed by atoms with Crippen LogP contribution in [0.4, 0.5) is 13.2 Å². The lowest BCUT2D eigenvalue weighted by atomic mass is 10.1. The minimum atomic E-state index is -4.30. The van der Waals surface area contributed by atoms with Gasteiger partial charge in [0.2, 0.25) is 0 Å². The standard InChI is InChI=1S/C12H14F3N3/c1-8(2)18-7-16-11(17-18)9-3-5-10(6-4-9)12(13,14)15/h3-6,8H,7H2,1-2H3,(H,16,17). The molecule has 0 spiro atoms. The highest BCUT2D eigenvalue weighted by Crippen LogP contribution is 2.29. The van der Waals surface area contributed by atoms with Crippen LogP contribution in [0.15, 0.2) is 29.4 Å². The summed E-state index contributed by atoms with van der Waals surface area (Å²) >= 11 is 0. The summed E-state index contributed by atoms with van der Waals surface area (Å²) in [6.45, 7) is 4.58. The Morgan fingerprint density at radius 1 is 1.22 bits per heavy atom. The van der Waals surface area contributed by atoms with Crippen LogP contribution in [-0.2, 0) is 6.18 Å². The van der Waals surface area contributed by atoms with Gasteiger partial charge in [-0.3, -0.25) is 5.01 Å². The van der Waals surface area contributed by atoms with Crippen molar-refractivity contribution in [2.75, 3.05) is 6.67 Å². The van der Waals surface area contributed by atoms with Crippen LogP contribution in [0.3, 0.4) is 0 Å². The van der Waals surface area contributed by atoms with Crippen molar-refractivity contribution in [3.05, 3.63) is 35.4 Å². The van der Waals surface area contributed by atoms with Gasteiger partial charge >= 0.3 is 6.18 Å². The van der Waals surface area contributed by atoms with Crippen molar-refractivity contribution >= 4 is 5.84 Å². The topological polar surface area (TPSA) is 27.6 Å². The van der Waals surface area contributed by atoms with Gasteiger partial charge in [-0.05, 0) is 26.0 Å². The Morgan fingerprint density at radius 2 is 1.83 bits per heavy atom. The molecule has 1 aromatic carbocycles. The van der Waals surface area contributed by atoms with E-state index in [1.807, 2.05) is 18.9 Å². The number of hydrazone groups is 1. The number of hydrogen-bond donors (Lipinski definition) is 1. The van der Waals surface area contributed by atoms with Crippen LogP contribution < -0.4 is 5.32 Å². The fourth-order valence-corrected chi connectivity index (χ4v) is 1.63. The average Bonchev–Trinajstić information content (AvgIpc) is 2.77. The number of hydrogen-bond acceptors (Lipinski definition) is 3. The highest BCUT2D eigenvalue weighted by Gasteiger charge is 2.30. The first kappa shape index (κ1) is 12.7. The molecule has 0 atom stereocenters. The lowest BCUT2D eigenvalue weighted by molar-refractivity contribution is -0.137. The lowest BCUT2D eigenvalue weighted by Crippen LogP contribution is -2.28. The third-order valence-corrected chi connectivity index (χ3v) is 2.72. The zero-order chi connectivity index (χ0) is 13.3. The number of rotatable bonds is 2. The molecule has 0 radical (unpaired) electrons. The van der Waals surface area contributed by atoms with Gasteiger partial charge in [0, 0.05) is 11.6 Å². The summed E-state index contributed by atoms with van der Waals surface area (Å²) in [7, 11) is 0. The summed E-state index contributed by atoms with van der Waals surface area (Å²) in [5, 5.41) is 9.20. The van der Waals surface area contributed by atoms with E-state index in [0.29, 0.717) is 18.1 Å². The molecular weight excluding hydrogens is 243 g/mol. The first-order chi connectivity index (χ1) is 8.38. The number of alkyl halides is 3. The number of halogens is 3. The molecule has 1 aliphatic rings. The van der Waals surface area contributed by atoms with Gasteiger partial charge in [0.1, 0.15) is 6.67 Å². The van der Waals surface area contributed by atoms with Gasteiger partial charge in [-0.15, -0.1) is 0 Å². The minimum Gasteiger partial charge on any atom is -0.349 e. The summed E-state index contributed by atoms with van der Waals surface area (Å²) in [6.07, 6.45) is -4.30. The quantitative estimate of drug-likeness (QED) is 0.882. The van der Waals surface area contributed by atoms with Gasteiger partial charge in [0.25, 0.3) is 0 Å². The van der Waals surface area contributed by atoms with Gasteiger partial charge in [0.05, 0.1) is 5.56 Å². The van der Waals surface area contributed by atoms with Crippen molar-refractivity contribution in [1.82, 2.24) is 10.3 Å². The number of nitrogens with zero attached hydrogens (tertiary/aromatic N) is 2. The van der Waals surface area contributed by atoms with E-state index in [1.165, 1.54) is 12.1 Å². The predicted octanol–water partition coefficient (Wildman–Crippen LogP) is 2.64. The van der Waals surface area contributed by atoms with E-state index in [9.17, 15) is 13.2 Å². The second kappa shape index (κ2) is 4.51. The molecule has 0 unspecified atom stereocenters. The third kappa shape index (κ3) is 2.57. The Labute approximate surface area is 103 Å².